The number of fused-ring (bicyclic) bond motifs is 1. The molecule has 0 radical (unpaired) electrons. The molecule has 1 N–H and O–H groups in total. The van der Waals surface area contributed by atoms with Crippen LogP contribution >= 0.6 is 23.2 Å². The Bertz CT molecular complexity index is 1460. The van der Waals surface area contributed by atoms with E-state index in [-0.39, 0.29) is 49.9 Å². The summed E-state index contributed by atoms with van der Waals surface area (Å²) < 4.78 is 16.4. The van der Waals surface area contributed by atoms with Crippen LogP contribution in [0.1, 0.15) is 80.7 Å². The van der Waals surface area contributed by atoms with Gasteiger partial charge in [0, 0.05) is 17.1 Å². The number of anilines is 1. The summed E-state index contributed by atoms with van der Waals surface area (Å²) in [6.45, 7) is 11.6. The molecule has 0 fully saturated rings. The lowest BCUT2D eigenvalue weighted by molar-refractivity contribution is -0.169. The van der Waals surface area contributed by atoms with Crippen LogP contribution in [0.4, 0.5) is 5.69 Å². The minimum atomic E-state index is -1.68. The zero-order valence-electron chi connectivity index (χ0n) is 23.9. The quantitative estimate of drug-likeness (QED) is 0.179. The number of benzene rings is 2. The molecule has 11 heteroatoms. The molecule has 2 aromatic carbocycles. The fourth-order valence-corrected chi connectivity index (χ4v) is 4.55. The van der Waals surface area contributed by atoms with Gasteiger partial charge in [0.1, 0.15) is 11.2 Å². The highest BCUT2D eigenvalue weighted by molar-refractivity contribution is 6.40. The summed E-state index contributed by atoms with van der Waals surface area (Å²) in [5.41, 5.74) is -1.62. The third-order valence-electron chi connectivity index (χ3n) is 5.45. The van der Waals surface area contributed by atoms with Gasteiger partial charge in [-0.15, -0.1) is 0 Å². The standard InChI is InChI=1S/C30H32Cl2N2O7/c1-8-39-26(36)17-15-33-24-16(11-9-14-20(24)34-25(35)22-18(31)12-10-13-19(22)32)21(17)23(27(37)40-29(2,3)4)28(38)41-30(5,6)7/h9-15,23H,8H2,1-7H3,(H,34,35). The maximum Gasteiger partial charge on any atom is 0.340 e. The summed E-state index contributed by atoms with van der Waals surface area (Å²) in [6, 6.07) is 9.38. The summed E-state index contributed by atoms with van der Waals surface area (Å²) >= 11 is 12.4. The van der Waals surface area contributed by atoms with Gasteiger partial charge in [-0.1, -0.05) is 41.4 Å². The van der Waals surface area contributed by atoms with E-state index in [0.29, 0.717) is 0 Å². The molecule has 0 aliphatic carbocycles. The van der Waals surface area contributed by atoms with Gasteiger partial charge in [0.05, 0.1) is 39.0 Å². The number of nitrogens with one attached hydrogen (secondary N) is 1. The van der Waals surface area contributed by atoms with Crippen LogP contribution in [-0.2, 0) is 23.8 Å². The Morgan fingerprint density at radius 3 is 1.93 bits per heavy atom. The third-order valence-corrected chi connectivity index (χ3v) is 6.08. The van der Waals surface area contributed by atoms with E-state index in [1.165, 1.54) is 18.3 Å². The number of hydrogen-bond donors (Lipinski definition) is 1. The molecule has 9 nitrogen and oxygen atoms in total. The monoisotopic (exact) mass is 602 g/mol. The lowest BCUT2D eigenvalue weighted by atomic mass is 9.90. The molecule has 0 atom stereocenters. The maximum absolute atomic E-state index is 13.6. The number of carbonyl (C=O) groups is 4. The first-order valence-electron chi connectivity index (χ1n) is 12.8. The number of nitrogens with zero attached hydrogens (tertiary/aromatic N) is 1. The lowest BCUT2D eigenvalue weighted by Crippen LogP contribution is -2.36. The van der Waals surface area contributed by atoms with Gasteiger partial charge in [-0.3, -0.25) is 19.4 Å². The van der Waals surface area contributed by atoms with Gasteiger partial charge >= 0.3 is 17.9 Å². The molecule has 0 saturated carbocycles. The first-order chi connectivity index (χ1) is 19.0. The van der Waals surface area contributed by atoms with Gasteiger partial charge in [0.2, 0.25) is 0 Å². The minimum absolute atomic E-state index is 0.0242. The summed E-state index contributed by atoms with van der Waals surface area (Å²) in [6.07, 6.45) is 1.19. The van der Waals surface area contributed by atoms with Crippen LogP contribution in [0.3, 0.4) is 0 Å². The van der Waals surface area contributed by atoms with E-state index < -0.39 is 40.9 Å². The van der Waals surface area contributed by atoms with Crippen molar-refractivity contribution in [3.05, 3.63) is 69.3 Å². The molecule has 1 heterocycles. The second-order valence-corrected chi connectivity index (χ2v) is 11.9. The van der Waals surface area contributed by atoms with E-state index in [0.717, 1.165) is 0 Å². The van der Waals surface area contributed by atoms with Gasteiger partial charge in [-0.25, -0.2) is 4.79 Å². The highest BCUT2D eigenvalue weighted by Crippen LogP contribution is 2.36. The summed E-state index contributed by atoms with van der Waals surface area (Å²) in [7, 11) is 0. The van der Waals surface area contributed by atoms with Crippen molar-refractivity contribution in [2.45, 2.75) is 65.6 Å². The van der Waals surface area contributed by atoms with Crippen molar-refractivity contribution >= 4 is 63.6 Å². The fraction of sp³-hybridized carbons (Fsp3) is 0.367. The number of aromatic nitrogens is 1. The van der Waals surface area contributed by atoms with Gasteiger partial charge in [-0.2, -0.15) is 0 Å². The maximum atomic E-state index is 13.6. The summed E-state index contributed by atoms with van der Waals surface area (Å²) in [4.78, 5) is 57.8. The Labute approximate surface area is 248 Å². The van der Waals surface area contributed by atoms with Crippen molar-refractivity contribution in [1.29, 1.82) is 0 Å². The molecule has 1 aromatic heterocycles. The molecule has 1 amide bonds. The van der Waals surface area contributed by atoms with E-state index in [9.17, 15) is 19.2 Å². The Morgan fingerprint density at radius 2 is 1.41 bits per heavy atom. The molecule has 0 unspecified atom stereocenters. The number of amides is 1. The van der Waals surface area contributed by atoms with E-state index in [1.54, 1.807) is 72.7 Å². The molecule has 0 saturated heterocycles. The molecular weight excluding hydrogens is 571 g/mol. The number of carbonyl (C=O) groups excluding carboxylic acids is 4. The molecule has 0 spiro atoms. The topological polar surface area (TPSA) is 121 Å². The third kappa shape index (κ3) is 7.74. The van der Waals surface area contributed by atoms with Crippen molar-refractivity contribution in [2.24, 2.45) is 0 Å². The zero-order valence-corrected chi connectivity index (χ0v) is 25.4. The average molecular weight is 603 g/mol. The normalized spacial score (nSPS) is 11.8. The molecule has 41 heavy (non-hydrogen) atoms. The predicted molar refractivity (Wildman–Crippen MR) is 157 cm³/mol. The number of pyridine rings is 1. The molecule has 3 aromatic rings. The molecule has 0 bridgehead atoms. The minimum Gasteiger partial charge on any atom is -0.462 e. The Morgan fingerprint density at radius 1 is 0.878 bits per heavy atom. The zero-order chi connectivity index (χ0) is 30.7. The lowest BCUT2D eigenvalue weighted by Gasteiger charge is -2.27. The van der Waals surface area contributed by atoms with Crippen molar-refractivity contribution in [2.75, 3.05) is 11.9 Å². The van der Waals surface area contributed by atoms with Crippen molar-refractivity contribution in [1.82, 2.24) is 4.98 Å². The number of esters is 3. The SMILES string of the molecule is CCOC(=O)c1cnc2c(NC(=O)c3c(Cl)cccc3Cl)cccc2c1C(C(=O)OC(C)(C)C)C(=O)OC(C)(C)C. The van der Waals surface area contributed by atoms with E-state index in [4.69, 9.17) is 37.4 Å². The Hall–Kier alpha value is -3.69. The number of para-hydroxylation sites is 1. The largest absolute Gasteiger partial charge is 0.462 e. The second-order valence-electron chi connectivity index (χ2n) is 11.1. The Kier molecular flexibility index (Phi) is 9.66. The molecule has 218 valence electrons. The van der Waals surface area contributed by atoms with Crippen LogP contribution in [0, 0.1) is 0 Å². The van der Waals surface area contributed by atoms with Crippen LogP contribution in [-0.4, -0.2) is 46.6 Å². The molecular formula is C30H32Cl2N2O7. The first-order valence-corrected chi connectivity index (χ1v) is 13.6. The smallest absolute Gasteiger partial charge is 0.340 e. The number of hydrogen-bond acceptors (Lipinski definition) is 8. The van der Waals surface area contributed by atoms with E-state index in [1.807, 2.05) is 0 Å². The molecule has 0 aliphatic heterocycles. The van der Waals surface area contributed by atoms with Gasteiger partial charge in [0.25, 0.3) is 5.91 Å². The Balaban J connectivity index is 2.29. The van der Waals surface area contributed by atoms with Gasteiger partial charge in [-0.05, 0) is 66.7 Å². The van der Waals surface area contributed by atoms with Crippen molar-refractivity contribution in [3.63, 3.8) is 0 Å². The van der Waals surface area contributed by atoms with Gasteiger partial charge in [0.15, 0.2) is 5.92 Å². The summed E-state index contributed by atoms with van der Waals surface area (Å²) in [5.74, 6) is -4.94. The number of halogens is 2. The second kappa shape index (κ2) is 12.4. The molecule has 3 rings (SSSR count). The first kappa shape index (κ1) is 31.8. The van der Waals surface area contributed by atoms with Crippen LogP contribution in [0.5, 0.6) is 0 Å². The number of ether oxygens (including phenoxy) is 3. The van der Waals surface area contributed by atoms with Gasteiger partial charge < -0.3 is 19.5 Å². The highest BCUT2D eigenvalue weighted by Gasteiger charge is 2.40. The van der Waals surface area contributed by atoms with Crippen molar-refractivity contribution in [3.8, 4) is 0 Å². The summed E-state index contributed by atoms with van der Waals surface area (Å²) in [5, 5.41) is 3.25. The van der Waals surface area contributed by atoms with Crippen LogP contribution in [0.2, 0.25) is 10.0 Å². The van der Waals surface area contributed by atoms with Crippen LogP contribution < -0.4 is 5.32 Å². The number of rotatable bonds is 7. The van der Waals surface area contributed by atoms with E-state index in [2.05, 4.69) is 10.3 Å². The average Bonchev–Trinajstić information content (AvgIpc) is 2.82. The molecule has 0 aliphatic rings. The fourth-order valence-electron chi connectivity index (χ4n) is 3.98. The van der Waals surface area contributed by atoms with Crippen LogP contribution in [0.25, 0.3) is 10.9 Å². The van der Waals surface area contributed by atoms with Crippen molar-refractivity contribution < 1.29 is 33.4 Å². The predicted octanol–water partition coefficient (Wildman–Crippen LogP) is 6.74. The van der Waals surface area contributed by atoms with Crippen LogP contribution in [0.15, 0.2) is 42.6 Å². The highest BCUT2D eigenvalue weighted by atomic mass is 35.5. The van der Waals surface area contributed by atoms with E-state index >= 15 is 0 Å².